The van der Waals surface area contributed by atoms with Gasteiger partial charge in [-0.3, -0.25) is 0 Å². The fraction of sp³-hybridized carbons (Fsp3) is 0.133. The van der Waals surface area contributed by atoms with Crippen LogP contribution in [0.15, 0.2) is 45.6 Å². The van der Waals surface area contributed by atoms with Crippen LogP contribution in [0.2, 0.25) is 0 Å². The summed E-state index contributed by atoms with van der Waals surface area (Å²) in [6, 6.07) is 7.78. The topological polar surface area (TPSA) is 86.5 Å². The molecule has 22 heavy (non-hydrogen) atoms. The third-order valence-electron chi connectivity index (χ3n) is 2.98. The maximum Gasteiger partial charge on any atom is 0.181 e. The Kier molecular flexibility index (Phi) is 4.15. The van der Waals surface area contributed by atoms with Crippen LogP contribution in [0.5, 0.6) is 0 Å². The molecule has 112 valence electrons. The van der Waals surface area contributed by atoms with E-state index in [-0.39, 0.29) is 0 Å². The van der Waals surface area contributed by atoms with Gasteiger partial charge in [0, 0.05) is 10.9 Å². The summed E-state index contributed by atoms with van der Waals surface area (Å²) in [6.45, 7) is 2.22. The Labute approximate surface area is 131 Å². The molecular formula is C15H14N4O2S. The van der Waals surface area contributed by atoms with E-state index in [2.05, 4.69) is 15.1 Å². The van der Waals surface area contributed by atoms with E-state index in [1.54, 1.807) is 6.21 Å². The van der Waals surface area contributed by atoms with Gasteiger partial charge < -0.3 is 15.0 Å². The van der Waals surface area contributed by atoms with Crippen LogP contribution in [0.4, 0.5) is 5.13 Å². The standard InChI is InChI=1S/C15H14N4O2S/c1-10-14(20-9-17-10)12-4-2-11(3-5-12)6-18-21-7-13-8-22-15(16)19-13/h2-6,8-9H,7H2,1H3,(H2,16,19)/b18-6+. The number of nitrogen functional groups attached to an aromatic ring is 1. The number of nitrogens with two attached hydrogens (primary N) is 1. The minimum Gasteiger partial charge on any atom is -0.443 e. The summed E-state index contributed by atoms with van der Waals surface area (Å²) in [5.74, 6) is 0.779. The fourth-order valence-corrected chi connectivity index (χ4v) is 2.44. The molecule has 3 rings (SSSR count). The average Bonchev–Trinajstić information content (AvgIpc) is 3.13. The number of aryl methyl sites for hydroxylation is 1. The molecule has 6 nitrogen and oxygen atoms in total. The summed E-state index contributed by atoms with van der Waals surface area (Å²) in [5, 5.41) is 6.29. The van der Waals surface area contributed by atoms with Gasteiger partial charge in [0.1, 0.15) is 0 Å². The second kappa shape index (κ2) is 6.40. The van der Waals surface area contributed by atoms with Crippen LogP contribution in [-0.2, 0) is 11.4 Å². The number of oxime groups is 1. The summed E-state index contributed by atoms with van der Waals surface area (Å²) in [6.07, 6.45) is 3.09. The van der Waals surface area contributed by atoms with Gasteiger partial charge in [0.15, 0.2) is 23.9 Å². The lowest BCUT2D eigenvalue weighted by Gasteiger charge is -1.99. The lowest BCUT2D eigenvalue weighted by atomic mass is 10.1. The molecule has 3 aromatic rings. The van der Waals surface area contributed by atoms with Gasteiger partial charge in [-0.05, 0) is 12.5 Å². The van der Waals surface area contributed by atoms with Crippen LogP contribution in [-0.4, -0.2) is 16.2 Å². The molecule has 0 aliphatic carbocycles. The molecule has 0 saturated carbocycles. The molecule has 1 aromatic carbocycles. The van der Waals surface area contributed by atoms with Crippen molar-refractivity contribution in [3.05, 3.63) is 53.0 Å². The van der Waals surface area contributed by atoms with E-state index in [1.807, 2.05) is 36.6 Å². The smallest absolute Gasteiger partial charge is 0.181 e. The molecule has 0 unspecified atom stereocenters. The fourth-order valence-electron chi connectivity index (χ4n) is 1.89. The van der Waals surface area contributed by atoms with Gasteiger partial charge >= 0.3 is 0 Å². The van der Waals surface area contributed by atoms with Crippen molar-refractivity contribution >= 4 is 22.7 Å². The number of oxazole rings is 1. The number of anilines is 1. The number of aromatic nitrogens is 2. The number of rotatable bonds is 5. The summed E-state index contributed by atoms with van der Waals surface area (Å²) >= 11 is 1.38. The number of hydrogen-bond acceptors (Lipinski definition) is 7. The first-order valence-electron chi connectivity index (χ1n) is 6.58. The summed E-state index contributed by atoms with van der Waals surface area (Å²) < 4.78 is 5.35. The molecule has 0 radical (unpaired) electrons. The zero-order valence-corrected chi connectivity index (χ0v) is 12.7. The second-order valence-electron chi connectivity index (χ2n) is 4.57. The first-order chi connectivity index (χ1) is 10.7. The molecule has 7 heteroatoms. The third-order valence-corrected chi connectivity index (χ3v) is 3.70. The first kappa shape index (κ1) is 14.3. The van der Waals surface area contributed by atoms with Gasteiger partial charge in [0.05, 0.1) is 17.6 Å². The van der Waals surface area contributed by atoms with Crippen molar-refractivity contribution in [3.63, 3.8) is 0 Å². The van der Waals surface area contributed by atoms with Crippen LogP contribution < -0.4 is 5.73 Å². The highest BCUT2D eigenvalue weighted by atomic mass is 32.1. The SMILES string of the molecule is Cc1ncoc1-c1ccc(/C=N/OCc2csc(N)n2)cc1. The second-order valence-corrected chi connectivity index (χ2v) is 5.46. The molecule has 0 bridgehead atoms. The number of nitrogens with zero attached hydrogens (tertiary/aromatic N) is 3. The van der Waals surface area contributed by atoms with Gasteiger partial charge in [0.2, 0.25) is 0 Å². The quantitative estimate of drug-likeness (QED) is 0.577. The molecule has 0 aliphatic rings. The monoisotopic (exact) mass is 314 g/mol. The molecule has 0 spiro atoms. The molecule has 0 fully saturated rings. The van der Waals surface area contributed by atoms with Crippen molar-refractivity contribution < 1.29 is 9.25 Å². The third kappa shape index (κ3) is 3.32. The van der Waals surface area contributed by atoms with Crippen molar-refractivity contribution in [2.24, 2.45) is 5.16 Å². The maximum absolute atomic E-state index is 5.54. The Morgan fingerprint density at radius 3 is 2.82 bits per heavy atom. The zero-order chi connectivity index (χ0) is 15.4. The Morgan fingerprint density at radius 2 is 2.18 bits per heavy atom. The van der Waals surface area contributed by atoms with Crippen molar-refractivity contribution in [1.29, 1.82) is 0 Å². The lowest BCUT2D eigenvalue weighted by Crippen LogP contribution is -1.90. The van der Waals surface area contributed by atoms with Gasteiger partial charge in [-0.25, -0.2) is 9.97 Å². The van der Waals surface area contributed by atoms with Gasteiger partial charge in [-0.2, -0.15) is 0 Å². The molecule has 2 heterocycles. The molecule has 0 amide bonds. The van der Waals surface area contributed by atoms with Crippen LogP contribution in [0.25, 0.3) is 11.3 Å². The first-order valence-corrected chi connectivity index (χ1v) is 7.46. The molecule has 2 aromatic heterocycles. The predicted octanol–water partition coefficient (Wildman–Crippen LogP) is 3.24. The van der Waals surface area contributed by atoms with Crippen LogP contribution >= 0.6 is 11.3 Å². The minimum absolute atomic E-state index is 0.305. The lowest BCUT2D eigenvalue weighted by molar-refractivity contribution is 0.130. The molecule has 0 atom stereocenters. The van der Waals surface area contributed by atoms with Crippen LogP contribution in [0.1, 0.15) is 17.0 Å². The zero-order valence-electron chi connectivity index (χ0n) is 11.9. The number of benzene rings is 1. The molecule has 0 saturated heterocycles. The molecule has 0 aliphatic heterocycles. The van der Waals surface area contributed by atoms with Crippen molar-refractivity contribution in [3.8, 4) is 11.3 Å². The van der Waals surface area contributed by atoms with E-state index in [4.69, 9.17) is 15.0 Å². The average molecular weight is 314 g/mol. The van der Waals surface area contributed by atoms with Gasteiger partial charge in [-0.1, -0.05) is 29.4 Å². The normalized spacial score (nSPS) is 11.1. The Balaban J connectivity index is 1.59. The maximum atomic E-state index is 5.54. The summed E-state index contributed by atoms with van der Waals surface area (Å²) in [5.41, 5.74) is 9.09. The van der Waals surface area contributed by atoms with Crippen molar-refractivity contribution in [2.45, 2.75) is 13.5 Å². The minimum atomic E-state index is 0.305. The van der Waals surface area contributed by atoms with Crippen LogP contribution in [0, 0.1) is 6.92 Å². The van der Waals surface area contributed by atoms with Gasteiger partial charge in [-0.15, -0.1) is 11.3 Å². The number of hydrogen-bond donors (Lipinski definition) is 1. The highest BCUT2D eigenvalue weighted by Crippen LogP contribution is 2.22. The van der Waals surface area contributed by atoms with Gasteiger partial charge in [0.25, 0.3) is 0 Å². The van der Waals surface area contributed by atoms with Crippen LogP contribution in [0.3, 0.4) is 0 Å². The summed E-state index contributed by atoms with van der Waals surface area (Å²) in [7, 11) is 0. The van der Waals surface area contributed by atoms with Crippen molar-refractivity contribution in [1.82, 2.24) is 9.97 Å². The highest BCUT2D eigenvalue weighted by Gasteiger charge is 2.05. The Morgan fingerprint density at radius 1 is 1.36 bits per heavy atom. The van der Waals surface area contributed by atoms with E-state index >= 15 is 0 Å². The summed E-state index contributed by atoms with van der Waals surface area (Å²) in [4.78, 5) is 13.4. The highest BCUT2D eigenvalue weighted by molar-refractivity contribution is 7.13. The molecular weight excluding hydrogens is 300 g/mol. The molecule has 2 N–H and O–H groups in total. The van der Waals surface area contributed by atoms with Crippen molar-refractivity contribution in [2.75, 3.05) is 5.73 Å². The Bertz CT molecular complexity index is 777. The number of thiazole rings is 1. The Hall–Kier alpha value is -2.67. The van der Waals surface area contributed by atoms with E-state index in [0.29, 0.717) is 11.7 Å². The van der Waals surface area contributed by atoms with E-state index in [9.17, 15) is 0 Å². The van der Waals surface area contributed by atoms with E-state index in [1.165, 1.54) is 17.7 Å². The van der Waals surface area contributed by atoms with E-state index < -0.39 is 0 Å². The largest absolute Gasteiger partial charge is 0.443 e. The predicted molar refractivity (Wildman–Crippen MR) is 85.6 cm³/mol. The van der Waals surface area contributed by atoms with E-state index in [0.717, 1.165) is 28.3 Å².